The van der Waals surface area contributed by atoms with Crippen molar-refractivity contribution in [1.82, 2.24) is 0 Å². The molecular weight excluding hydrogens is 310 g/mol. The Bertz CT molecular complexity index is 682. The van der Waals surface area contributed by atoms with E-state index in [1.54, 1.807) is 0 Å². The van der Waals surface area contributed by atoms with E-state index in [-0.39, 0.29) is 18.4 Å². The zero-order valence-corrected chi connectivity index (χ0v) is 14.1. The molecule has 1 aliphatic rings. The van der Waals surface area contributed by atoms with Crippen molar-refractivity contribution in [2.24, 2.45) is 11.7 Å². The van der Waals surface area contributed by atoms with Crippen molar-refractivity contribution in [3.63, 3.8) is 0 Å². The van der Waals surface area contributed by atoms with Gasteiger partial charge in [-0.1, -0.05) is 30.3 Å². The van der Waals surface area contributed by atoms with Gasteiger partial charge >= 0.3 is 5.97 Å². The van der Waals surface area contributed by atoms with Crippen molar-refractivity contribution in [1.29, 1.82) is 0 Å². The lowest BCUT2D eigenvalue weighted by Crippen LogP contribution is -2.22. The number of methoxy groups -OCH3 is 1. The number of esters is 1. The molecule has 0 aromatic heterocycles. The van der Waals surface area contributed by atoms with E-state index in [0.29, 0.717) is 11.5 Å². The number of nitrogens with two attached hydrogens (primary N) is 1. The number of benzene rings is 2. The largest absolute Gasteiger partial charge is 0.465 e. The number of hydrogen-bond acceptors (Lipinski definition) is 3. The van der Waals surface area contributed by atoms with Crippen LogP contribution in [0.25, 0.3) is 11.1 Å². The second-order valence-corrected chi connectivity index (χ2v) is 5.90. The molecule has 0 saturated carbocycles. The normalized spacial score (nSPS) is 16.2. The van der Waals surface area contributed by atoms with Crippen molar-refractivity contribution in [3.05, 3.63) is 59.2 Å². The van der Waals surface area contributed by atoms with Crippen LogP contribution in [0.5, 0.6) is 0 Å². The van der Waals surface area contributed by atoms with Crippen molar-refractivity contribution in [2.75, 3.05) is 13.7 Å². The van der Waals surface area contributed by atoms with E-state index in [1.807, 2.05) is 24.3 Å². The summed E-state index contributed by atoms with van der Waals surface area (Å²) in [5.41, 5.74) is 11.5. The highest BCUT2D eigenvalue weighted by atomic mass is 35.5. The van der Waals surface area contributed by atoms with Gasteiger partial charge in [0, 0.05) is 0 Å². The van der Waals surface area contributed by atoms with Gasteiger partial charge in [0.2, 0.25) is 0 Å². The van der Waals surface area contributed by atoms with Gasteiger partial charge in [0.05, 0.1) is 12.7 Å². The topological polar surface area (TPSA) is 52.3 Å². The van der Waals surface area contributed by atoms with Gasteiger partial charge in [0.25, 0.3) is 0 Å². The number of hydrogen-bond donors (Lipinski definition) is 1. The minimum Gasteiger partial charge on any atom is -0.465 e. The molecule has 23 heavy (non-hydrogen) atoms. The number of ether oxygens (including phenoxy) is 1. The molecule has 0 spiro atoms. The van der Waals surface area contributed by atoms with E-state index in [2.05, 4.69) is 18.2 Å². The van der Waals surface area contributed by atoms with E-state index in [4.69, 9.17) is 10.5 Å². The van der Waals surface area contributed by atoms with Gasteiger partial charge in [0.15, 0.2) is 0 Å². The lowest BCUT2D eigenvalue weighted by Gasteiger charge is -2.24. The number of rotatable bonds is 3. The molecule has 3 rings (SSSR count). The Morgan fingerprint density at radius 3 is 2.48 bits per heavy atom. The highest BCUT2D eigenvalue weighted by Gasteiger charge is 2.17. The first kappa shape index (κ1) is 17.5. The van der Waals surface area contributed by atoms with Crippen molar-refractivity contribution < 1.29 is 9.53 Å². The van der Waals surface area contributed by atoms with Crippen molar-refractivity contribution in [2.45, 2.75) is 19.3 Å². The van der Waals surface area contributed by atoms with Gasteiger partial charge in [-0.3, -0.25) is 0 Å². The average Bonchev–Trinajstić information content (AvgIpc) is 2.60. The Labute approximate surface area is 143 Å². The van der Waals surface area contributed by atoms with Gasteiger partial charge in [0.1, 0.15) is 0 Å². The highest BCUT2D eigenvalue weighted by molar-refractivity contribution is 5.90. The zero-order valence-electron chi connectivity index (χ0n) is 13.2. The number of aryl methyl sites for hydroxylation is 1. The van der Waals surface area contributed by atoms with Gasteiger partial charge in [-0.2, -0.15) is 0 Å². The number of carbonyl (C=O) groups excluding carboxylic acids is 1. The van der Waals surface area contributed by atoms with Crippen LogP contribution in [0.15, 0.2) is 42.5 Å². The molecule has 0 aliphatic heterocycles. The van der Waals surface area contributed by atoms with Crippen molar-refractivity contribution in [3.8, 4) is 11.1 Å². The Morgan fingerprint density at radius 2 is 1.83 bits per heavy atom. The van der Waals surface area contributed by atoms with Crippen LogP contribution in [-0.2, 0) is 17.6 Å². The highest BCUT2D eigenvalue weighted by Crippen LogP contribution is 2.29. The van der Waals surface area contributed by atoms with Crippen LogP contribution in [0, 0.1) is 5.92 Å². The fourth-order valence-corrected chi connectivity index (χ4v) is 3.13. The van der Waals surface area contributed by atoms with Crippen LogP contribution in [0.3, 0.4) is 0 Å². The molecule has 0 unspecified atom stereocenters. The fraction of sp³-hybridized carbons (Fsp3) is 0.316. The standard InChI is InChI=1S/C19H21NO2.ClH/c1-22-19(21)15-6-4-14(5-7-15)17-9-8-16-10-13(12-20)2-3-18(16)11-17;/h4-9,11,13H,2-3,10,12,20H2,1H3;1H/t13-;/m0./s1. The van der Waals surface area contributed by atoms with Crippen LogP contribution in [-0.4, -0.2) is 19.6 Å². The summed E-state index contributed by atoms with van der Waals surface area (Å²) in [6.45, 7) is 0.774. The molecule has 0 radical (unpaired) electrons. The second-order valence-electron chi connectivity index (χ2n) is 5.90. The third kappa shape index (κ3) is 3.74. The van der Waals surface area contributed by atoms with Crippen LogP contribution in [0.2, 0.25) is 0 Å². The lowest BCUT2D eigenvalue weighted by atomic mass is 9.82. The number of carbonyl (C=O) groups is 1. The molecule has 1 aliphatic carbocycles. The average molecular weight is 332 g/mol. The molecule has 3 nitrogen and oxygen atoms in total. The molecule has 0 amide bonds. The summed E-state index contributed by atoms with van der Waals surface area (Å²) >= 11 is 0. The Morgan fingerprint density at radius 1 is 1.13 bits per heavy atom. The minimum absolute atomic E-state index is 0. The summed E-state index contributed by atoms with van der Waals surface area (Å²) < 4.78 is 4.73. The minimum atomic E-state index is -0.301. The quantitative estimate of drug-likeness (QED) is 0.874. The molecule has 122 valence electrons. The van der Waals surface area contributed by atoms with Crippen molar-refractivity contribution >= 4 is 18.4 Å². The van der Waals surface area contributed by atoms with Gasteiger partial charge in [-0.15, -0.1) is 12.4 Å². The summed E-state index contributed by atoms with van der Waals surface area (Å²) in [7, 11) is 1.40. The molecule has 1 atom stereocenters. The molecule has 0 saturated heterocycles. The predicted octanol–water partition coefficient (Wildman–Crippen LogP) is 3.63. The zero-order chi connectivity index (χ0) is 15.5. The van der Waals surface area contributed by atoms with Crippen LogP contribution in [0.1, 0.15) is 27.9 Å². The maximum Gasteiger partial charge on any atom is 0.337 e. The molecule has 2 N–H and O–H groups in total. The first-order valence-corrected chi connectivity index (χ1v) is 7.72. The summed E-state index contributed by atoms with van der Waals surface area (Å²) in [6.07, 6.45) is 3.37. The molecule has 0 heterocycles. The summed E-state index contributed by atoms with van der Waals surface area (Å²) in [6, 6.07) is 14.2. The number of halogens is 1. The fourth-order valence-electron chi connectivity index (χ4n) is 3.13. The van der Waals surface area contributed by atoms with Crippen LogP contribution in [0.4, 0.5) is 0 Å². The molecule has 0 bridgehead atoms. The monoisotopic (exact) mass is 331 g/mol. The summed E-state index contributed by atoms with van der Waals surface area (Å²) in [5.74, 6) is 0.322. The Balaban J connectivity index is 0.00000192. The molecule has 2 aromatic rings. The maximum atomic E-state index is 11.5. The third-order valence-electron chi connectivity index (χ3n) is 4.51. The first-order valence-electron chi connectivity index (χ1n) is 7.72. The molecule has 4 heteroatoms. The van der Waals surface area contributed by atoms with E-state index in [0.717, 1.165) is 24.9 Å². The first-order chi connectivity index (χ1) is 10.7. The van der Waals surface area contributed by atoms with E-state index in [9.17, 15) is 4.79 Å². The summed E-state index contributed by atoms with van der Waals surface area (Å²) in [5, 5.41) is 0. The third-order valence-corrected chi connectivity index (χ3v) is 4.51. The predicted molar refractivity (Wildman–Crippen MR) is 95.0 cm³/mol. The maximum absolute atomic E-state index is 11.5. The Hall–Kier alpha value is -1.84. The van der Waals surface area contributed by atoms with Crippen LogP contribution >= 0.6 is 12.4 Å². The van der Waals surface area contributed by atoms with Gasteiger partial charge in [-0.25, -0.2) is 4.79 Å². The van der Waals surface area contributed by atoms with Crippen LogP contribution < -0.4 is 5.73 Å². The molecule has 2 aromatic carbocycles. The molecular formula is C19H22ClNO2. The van der Waals surface area contributed by atoms with Gasteiger partial charge < -0.3 is 10.5 Å². The van der Waals surface area contributed by atoms with Gasteiger partial charge in [-0.05, 0) is 66.1 Å². The number of fused-ring (bicyclic) bond motifs is 1. The van der Waals surface area contributed by atoms with E-state index < -0.39 is 0 Å². The van der Waals surface area contributed by atoms with E-state index in [1.165, 1.54) is 30.2 Å². The second kappa shape index (κ2) is 7.62. The Kier molecular flexibility index (Phi) is 5.80. The smallest absolute Gasteiger partial charge is 0.337 e. The SMILES string of the molecule is COC(=O)c1ccc(-c2ccc3c(c2)CC[C@H](CN)C3)cc1.Cl. The molecule has 0 fully saturated rings. The lowest BCUT2D eigenvalue weighted by molar-refractivity contribution is 0.0601. The van der Waals surface area contributed by atoms with E-state index >= 15 is 0 Å². The summed E-state index contributed by atoms with van der Waals surface area (Å²) in [4.78, 5) is 11.5.